The van der Waals surface area contributed by atoms with Gasteiger partial charge in [0.05, 0.1) is 6.54 Å². The van der Waals surface area contributed by atoms with E-state index in [1.807, 2.05) is 6.07 Å². The van der Waals surface area contributed by atoms with Crippen LogP contribution in [0, 0.1) is 0 Å². The Morgan fingerprint density at radius 1 is 1.24 bits per heavy atom. The van der Waals surface area contributed by atoms with Crippen molar-refractivity contribution in [3.63, 3.8) is 0 Å². The summed E-state index contributed by atoms with van der Waals surface area (Å²) >= 11 is 0. The molecule has 2 saturated heterocycles. The standard InChI is InChI=1S/C18H24N2O/c1-2-15-11-19-9-5-7-16(19)12-20(15)13-17-10-14-6-3-4-8-18(14)21-17/h3-4,6,8,10,15-16H,2,5,7,9,11-13H2,1H3. The van der Waals surface area contributed by atoms with Crippen molar-refractivity contribution in [1.29, 1.82) is 0 Å². The average Bonchev–Trinajstić information content (AvgIpc) is 3.11. The van der Waals surface area contributed by atoms with Gasteiger partial charge in [-0.1, -0.05) is 25.1 Å². The highest BCUT2D eigenvalue weighted by atomic mass is 16.3. The van der Waals surface area contributed by atoms with Crippen molar-refractivity contribution in [1.82, 2.24) is 9.80 Å². The summed E-state index contributed by atoms with van der Waals surface area (Å²) in [5, 5.41) is 1.22. The van der Waals surface area contributed by atoms with Crippen LogP contribution in [0.3, 0.4) is 0 Å². The summed E-state index contributed by atoms with van der Waals surface area (Å²) in [5.41, 5.74) is 1.01. The Labute approximate surface area is 126 Å². The molecule has 2 aromatic rings. The van der Waals surface area contributed by atoms with E-state index in [0.29, 0.717) is 6.04 Å². The summed E-state index contributed by atoms with van der Waals surface area (Å²) in [5.74, 6) is 1.11. The van der Waals surface area contributed by atoms with Crippen LogP contribution in [-0.2, 0) is 6.54 Å². The number of nitrogens with zero attached hydrogens (tertiary/aromatic N) is 2. The van der Waals surface area contributed by atoms with Gasteiger partial charge in [-0.15, -0.1) is 0 Å². The van der Waals surface area contributed by atoms with Gasteiger partial charge >= 0.3 is 0 Å². The summed E-state index contributed by atoms with van der Waals surface area (Å²) in [6.07, 6.45) is 3.97. The molecule has 2 aliphatic heterocycles. The lowest BCUT2D eigenvalue weighted by Gasteiger charge is -2.43. The van der Waals surface area contributed by atoms with Crippen molar-refractivity contribution in [2.24, 2.45) is 0 Å². The molecule has 3 heteroatoms. The van der Waals surface area contributed by atoms with Crippen molar-refractivity contribution in [2.45, 2.75) is 44.8 Å². The highest BCUT2D eigenvalue weighted by Crippen LogP contribution is 2.28. The van der Waals surface area contributed by atoms with Crippen LogP contribution in [-0.4, -0.2) is 41.5 Å². The monoisotopic (exact) mass is 284 g/mol. The van der Waals surface area contributed by atoms with Crippen molar-refractivity contribution in [3.8, 4) is 0 Å². The molecule has 21 heavy (non-hydrogen) atoms. The molecule has 0 bridgehead atoms. The summed E-state index contributed by atoms with van der Waals surface area (Å²) < 4.78 is 6.02. The Hall–Kier alpha value is -1.32. The molecule has 2 atom stereocenters. The summed E-state index contributed by atoms with van der Waals surface area (Å²) in [6, 6.07) is 12.0. The molecular weight excluding hydrogens is 260 g/mol. The van der Waals surface area contributed by atoms with Gasteiger partial charge < -0.3 is 4.42 Å². The molecule has 2 fully saturated rings. The van der Waals surface area contributed by atoms with Crippen LogP contribution in [0.4, 0.5) is 0 Å². The second kappa shape index (κ2) is 5.47. The molecular formula is C18H24N2O. The maximum absolute atomic E-state index is 6.02. The van der Waals surface area contributed by atoms with Gasteiger partial charge in [-0.3, -0.25) is 9.80 Å². The number of hydrogen-bond donors (Lipinski definition) is 0. The maximum Gasteiger partial charge on any atom is 0.134 e. The number of fused-ring (bicyclic) bond motifs is 2. The first kappa shape index (κ1) is 13.4. The van der Waals surface area contributed by atoms with Crippen LogP contribution >= 0.6 is 0 Å². The molecule has 0 N–H and O–H groups in total. The minimum absolute atomic E-state index is 0.674. The Kier molecular flexibility index (Phi) is 3.48. The second-order valence-electron chi connectivity index (χ2n) is 6.53. The molecule has 112 valence electrons. The zero-order valence-electron chi connectivity index (χ0n) is 12.8. The molecule has 2 aliphatic rings. The van der Waals surface area contributed by atoms with Gasteiger partial charge in [-0.05, 0) is 37.9 Å². The average molecular weight is 284 g/mol. The van der Waals surface area contributed by atoms with Gasteiger partial charge in [0, 0.05) is 30.6 Å². The Morgan fingerprint density at radius 2 is 2.14 bits per heavy atom. The Bertz CT molecular complexity index is 587. The smallest absolute Gasteiger partial charge is 0.134 e. The van der Waals surface area contributed by atoms with Gasteiger partial charge in [0.2, 0.25) is 0 Å². The normalized spacial score (nSPS) is 27.3. The zero-order valence-corrected chi connectivity index (χ0v) is 12.8. The molecule has 0 spiro atoms. The molecule has 0 amide bonds. The molecule has 4 rings (SSSR count). The van der Waals surface area contributed by atoms with Gasteiger partial charge in [0.15, 0.2) is 0 Å². The van der Waals surface area contributed by atoms with Crippen molar-refractivity contribution in [3.05, 3.63) is 36.1 Å². The van der Waals surface area contributed by atoms with E-state index in [1.165, 1.54) is 44.3 Å². The van der Waals surface area contributed by atoms with Gasteiger partial charge in [-0.25, -0.2) is 0 Å². The first-order valence-corrected chi connectivity index (χ1v) is 8.29. The van der Waals surface area contributed by atoms with E-state index >= 15 is 0 Å². The Morgan fingerprint density at radius 3 is 3.00 bits per heavy atom. The number of furan rings is 1. The summed E-state index contributed by atoms with van der Waals surface area (Å²) in [7, 11) is 0. The molecule has 2 unspecified atom stereocenters. The first-order chi connectivity index (χ1) is 10.3. The third-order valence-electron chi connectivity index (χ3n) is 5.21. The predicted molar refractivity (Wildman–Crippen MR) is 85.3 cm³/mol. The van der Waals surface area contributed by atoms with Gasteiger partial charge in [-0.2, -0.15) is 0 Å². The third-order valence-corrected chi connectivity index (χ3v) is 5.21. The number of para-hydroxylation sites is 1. The lowest BCUT2D eigenvalue weighted by molar-refractivity contribution is 0.0396. The largest absolute Gasteiger partial charge is 0.460 e. The molecule has 3 nitrogen and oxygen atoms in total. The zero-order chi connectivity index (χ0) is 14.2. The SMILES string of the molecule is CCC1CN2CCCC2CN1Cc1cc2ccccc2o1. The van der Waals surface area contributed by atoms with Crippen molar-refractivity contribution < 1.29 is 4.42 Å². The van der Waals surface area contributed by atoms with E-state index in [1.54, 1.807) is 0 Å². The van der Waals surface area contributed by atoms with E-state index in [-0.39, 0.29) is 0 Å². The van der Waals surface area contributed by atoms with Crippen LogP contribution in [0.25, 0.3) is 11.0 Å². The van der Waals surface area contributed by atoms with E-state index in [4.69, 9.17) is 4.42 Å². The van der Waals surface area contributed by atoms with E-state index < -0.39 is 0 Å². The quantitative estimate of drug-likeness (QED) is 0.860. The summed E-state index contributed by atoms with van der Waals surface area (Å²) in [4.78, 5) is 5.34. The van der Waals surface area contributed by atoms with Crippen molar-refractivity contribution in [2.75, 3.05) is 19.6 Å². The van der Waals surface area contributed by atoms with Crippen molar-refractivity contribution >= 4 is 11.0 Å². The van der Waals surface area contributed by atoms with Gasteiger partial charge in [0.25, 0.3) is 0 Å². The molecule has 1 aromatic carbocycles. The fourth-order valence-electron chi connectivity index (χ4n) is 4.04. The first-order valence-electron chi connectivity index (χ1n) is 8.29. The maximum atomic E-state index is 6.02. The van der Waals surface area contributed by atoms with E-state index in [0.717, 1.165) is 23.9 Å². The predicted octanol–water partition coefficient (Wildman–Crippen LogP) is 3.49. The number of rotatable bonds is 3. The number of piperazine rings is 1. The van der Waals surface area contributed by atoms with Crippen LogP contribution in [0.1, 0.15) is 31.9 Å². The van der Waals surface area contributed by atoms with Crippen LogP contribution in [0.15, 0.2) is 34.7 Å². The summed E-state index contributed by atoms with van der Waals surface area (Å²) in [6.45, 7) is 7.01. The highest BCUT2D eigenvalue weighted by molar-refractivity contribution is 5.77. The molecule has 0 radical (unpaired) electrons. The fourth-order valence-corrected chi connectivity index (χ4v) is 4.04. The van der Waals surface area contributed by atoms with E-state index in [2.05, 4.69) is 41.0 Å². The third kappa shape index (κ3) is 2.49. The fraction of sp³-hybridized carbons (Fsp3) is 0.556. The van der Waals surface area contributed by atoms with Crippen LogP contribution in [0.2, 0.25) is 0 Å². The molecule has 0 saturated carbocycles. The van der Waals surface area contributed by atoms with Crippen LogP contribution in [0.5, 0.6) is 0 Å². The van der Waals surface area contributed by atoms with E-state index in [9.17, 15) is 0 Å². The minimum Gasteiger partial charge on any atom is -0.460 e. The highest BCUT2D eigenvalue weighted by Gasteiger charge is 2.35. The van der Waals surface area contributed by atoms with Crippen LogP contribution < -0.4 is 0 Å². The van der Waals surface area contributed by atoms with Gasteiger partial charge in [0.1, 0.15) is 11.3 Å². The topological polar surface area (TPSA) is 19.6 Å². The minimum atomic E-state index is 0.674. The molecule has 0 aliphatic carbocycles. The second-order valence-corrected chi connectivity index (χ2v) is 6.53. The molecule has 3 heterocycles. The number of hydrogen-bond acceptors (Lipinski definition) is 3. The lowest BCUT2D eigenvalue weighted by atomic mass is 10.0. The lowest BCUT2D eigenvalue weighted by Crippen LogP contribution is -2.55. The Balaban J connectivity index is 1.54. The number of benzene rings is 1. The molecule has 1 aromatic heterocycles.